The Morgan fingerprint density at radius 3 is 2.25 bits per heavy atom. The van der Waals surface area contributed by atoms with Gasteiger partial charge in [-0.15, -0.1) is 0 Å². The van der Waals surface area contributed by atoms with Gasteiger partial charge in [-0.3, -0.25) is 4.79 Å². The number of carbonyl (C=O) groups excluding carboxylic acids is 1. The first-order chi connectivity index (χ1) is 9.28. The summed E-state index contributed by atoms with van der Waals surface area (Å²) >= 11 is 0. The molecule has 1 aliphatic rings. The summed E-state index contributed by atoms with van der Waals surface area (Å²) in [5.41, 5.74) is 5.24. The van der Waals surface area contributed by atoms with Gasteiger partial charge in [0, 0.05) is 17.6 Å². The summed E-state index contributed by atoms with van der Waals surface area (Å²) in [4.78, 5) is 11.8. The maximum Gasteiger partial charge on any atom is 0.416 e. The molecule has 2 rings (SSSR count). The molecule has 1 amide bonds. The van der Waals surface area contributed by atoms with Crippen LogP contribution >= 0.6 is 0 Å². The van der Waals surface area contributed by atoms with E-state index >= 15 is 0 Å². The second-order valence-electron chi connectivity index (χ2n) is 5.37. The summed E-state index contributed by atoms with van der Waals surface area (Å²) in [6, 6.07) is 4.39. The fourth-order valence-corrected chi connectivity index (χ4v) is 2.52. The average molecular weight is 286 g/mol. The van der Waals surface area contributed by atoms with Crippen molar-refractivity contribution < 1.29 is 18.0 Å². The quantitative estimate of drug-likeness (QED) is 0.895. The Balaban J connectivity index is 1.94. The SMILES string of the molecule is NC1(CC(=O)Nc2ccc(C(F)(F)F)cc2)CCCC1. The molecule has 0 aromatic heterocycles. The second-order valence-corrected chi connectivity index (χ2v) is 5.37. The van der Waals surface area contributed by atoms with Gasteiger partial charge in [-0.2, -0.15) is 13.2 Å². The Bertz CT molecular complexity index is 476. The minimum absolute atomic E-state index is 0.202. The molecule has 0 spiro atoms. The zero-order valence-corrected chi connectivity index (χ0v) is 11.0. The number of nitrogens with one attached hydrogen (secondary N) is 1. The van der Waals surface area contributed by atoms with Crippen molar-refractivity contribution in [1.29, 1.82) is 0 Å². The molecule has 3 nitrogen and oxygen atoms in total. The molecule has 1 aliphatic carbocycles. The number of hydrogen-bond donors (Lipinski definition) is 2. The summed E-state index contributed by atoms with van der Waals surface area (Å²) < 4.78 is 37.2. The molecule has 1 aromatic carbocycles. The number of halogens is 3. The first kappa shape index (κ1) is 14.8. The number of amides is 1. The van der Waals surface area contributed by atoms with E-state index < -0.39 is 17.3 Å². The van der Waals surface area contributed by atoms with E-state index in [4.69, 9.17) is 5.73 Å². The fourth-order valence-electron chi connectivity index (χ4n) is 2.52. The number of carbonyl (C=O) groups is 1. The van der Waals surface area contributed by atoms with Crippen LogP contribution in [0, 0.1) is 0 Å². The molecule has 110 valence electrons. The molecule has 6 heteroatoms. The molecule has 0 unspecified atom stereocenters. The fraction of sp³-hybridized carbons (Fsp3) is 0.500. The predicted octanol–water partition coefficient (Wildman–Crippen LogP) is 3.31. The Labute approximate surface area is 115 Å². The van der Waals surface area contributed by atoms with Crippen molar-refractivity contribution in [3.05, 3.63) is 29.8 Å². The maximum atomic E-state index is 12.4. The summed E-state index contributed by atoms with van der Waals surface area (Å²) in [5, 5.41) is 2.59. The minimum Gasteiger partial charge on any atom is -0.326 e. The van der Waals surface area contributed by atoms with Gasteiger partial charge in [-0.1, -0.05) is 12.8 Å². The van der Waals surface area contributed by atoms with Gasteiger partial charge in [0.25, 0.3) is 0 Å². The van der Waals surface area contributed by atoms with Crippen LogP contribution in [0.4, 0.5) is 18.9 Å². The van der Waals surface area contributed by atoms with Crippen molar-refractivity contribution in [2.75, 3.05) is 5.32 Å². The number of hydrogen-bond acceptors (Lipinski definition) is 2. The van der Waals surface area contributed by atoms with Crippen molar-refractivity contribution in [2.24, 2.45) is 5.73 Å². The molecule has 0 bridgehead atoms. The van der Waals surface area contributed by atoms with Crippen LogP contribution in [0.5, 0.6) is 0 Å². The minimum atomic E-state index is -4.37. The molecule has 1 fully saturated rings. The van der Waals surface area contributed by atoms with Gasteiger partial charge in [-0.05, 0) is 37.1 Å². The van der Waals surface area contributed by atoms with Crippen molar-refractivity contribution >= 4 is 11.6 Å². The van der Waals surface area contributed by atoms with Gasteiger partial charge >= 0.3 is 6.18 Å². The number of anilines is 1. The van der Waals surface area contributed by atoms with E-state index in [9.17, 15) is 18.0 Å². The molecular weight excluding hydrogens is 269 g/mol. The molecular formula is C14H17F3N2O. The van der Waals surface area contributed by atoms with Gasteiger partial charge in [0.2, 0.25) is 5.91 Å². The smallest absolute Gasteiger partial charge is 0.326 e. The van der Waals surface area contributed by atoms with Crippen LogP contribution in [0.25, 0.3) is 0 Å². The van der Waals surface area contributed by atoms with E-state index in [-0.39, 0.29) is 12.3 Å². The zero-order chi connectivity index (χ0) is 14.8. The zero-order valence-electron chi connectivity index (χ0n) is 11.0. The van der Waals surface area contributed by atoms with Crippen LogP contribution in [0.2, 0.25) is 0 Å². The standard InChI is InChI=1S/C14H17F3N2O/c15-14(16,17)10-3-5-11(6-4-10)19-12(20)9-13(18)7-1-2-8-13/h3-6H,1-2,7-9,18H2,(H,19,20). The van der Waals surface area contributed by atoms with Crippen molar-refractivity contribution in [2.45, 2.75) is 43.8 Å². The first-order valence-corrected chi connectivity index (χ1v) is 6.55. The van der Waals surface area contributed by atoms with E-state index in [0.717, 1.165) is 37.8 Å². The summed E-state index contributed by atoms with van der Waals surface area (Å²) in [5.74, 6) is -0.255. The Morgan fingerprint density at radius 2 is 1.75 bits per heavy atom. The maximum absolute atomic E-state index is 12.4. The third-order valence-corrected chi connectivity index (χ3v) is 3.61. The lowest BCUT2D eigenvalue weighted by molar-refractivity contribution is -0.137. The highest BCUT2D eigenvalue weighted by molar-refractivity contribution is 5.91. The number of rotatable bonds is 3. The lowest BCUT2D eigenvalue weighted by Gasteiger charge is -2.22. The summed E-state index contributed by atoms with van der Waals surface area (Å²) in [6.45, 7) is 0. The highest BCUT2D eigenvalue weighted by Crippen LogP contribution is 2.31. The van der Waals surface area contributed by atoms with Crippen LogP contribution in [0.3, 0.4) is 0 Å². The van der Waals surface area contributed by atoms with Crippen LogP contribution in [0.1, 0.15) is 37.7 Å². The number of benzene rings is 1. The van der Waals surface area contributed by atoms with Crippen LogP contribution in [-0.4, -0.2) is 11.4 Å². The lowest BCUT2D eigenvalue weighted by atomic mass is 9.94. The third kappa shape index (κ3) is 3.72. The van der Waals surface area contributed by atoms with E-state index in [2.05, 4.69) is 5.32 Å². The molecule has 1 saturated carbocycles. The molecule has 3 N–H and O–H groups in total. The van der Waals surface area contributed by atoms with Crippen molar-refractivity contribution in [3.8, 4) is 0 Å². The van der Waals surface area contributed by atoms with Gasteiger partial charge in [0.05, 0.1) is 5.56 Å². The summed E-state index contributed by atoms with van der Waals surface area (Å²) in [7, 11) is 0. The van der Waals surface area contributed by atoms with Crippen LogP contribution < -0.4 is 11.1 Å². The monoisotopic (exact) mass is 286 g/mol. The Kier molecular flexibility index (Phi) is 4.04. The largest absolute Gasteiger partial charge is 0.416 e. The second kappa shape index (κ2) is 5.44. The highest BCUT2D eigenvalue weighted by Gasteiger charge is 2.32. The van der Waals surface area contributed by atoms with Crippen molar-refractivity contribution in [3.63, 3.8) is 0 Å². The molecule has 1 aromatic rings. The molecule has 0 atom stereocenters. The molecule has 0 heterocycles. The summed E-state index contributed by atoms with van der Waals surface area (Å²) in [6.07, 6.45) is -0.503. The van der Waals surface area contributed by atoms with Gasteiger partial charge in [-0.25, -0.2) is 0 Å². The normalized spacial score (nSPS) is 18.0. The third-order valence-electron chi connectivity index (χ3n) is 3.61. The Morgan fingerprint density at radius 1 is 1.20 bits per heavy atom. The van der Waals surface area contributed by atoms with E-state index in [1.165, 1.54) is 12.1 Å². The van der Waals surface area contributed by atoms with E-state index in [1.54, 1.807) is 0 Å². The van der Waals surface area contributed by atoms with E-state index in [1.807, 2.05) is 0 Å². The van der Waals surface area contributed by atoms with Gasteiger partial charge in [0.1, 0.15) is 0 Å². The van der Waals surface area contributed by atoms with Crippen LogP contribution in [0.15, 0.2) is 24.3 Å². The molecule has 0 aliphatic heterocycles. The molecule has 20 heavy (non-hydrogen) atoms. The number of alkyl halides is 3. The Hall–Kier alpha value is -1.56. The average Bonchev–Trinajstić information content (AvgIpc) is 2.74. The predicted molar refractivity (Wildman–Crippen MR) is 70.1 cm³/mol. The topological polar surface area (TPSA) is 55.1 Å². The number of nitrogens with two attached hydrogens (primary N) is 1. The van der Waals surface area contributed by atoms with E-state index in [0.29, 0.717) is 5.69 Å². The van der Waals surface area contributed by atoms with Crippen molar-refractivity contribution in [1.82, 2.24) is 0 Å². The lowest BCUT2D eigenvalue weighted by Crippen LogP contribution is -2.40. The first-order valence-electron chi connectivity index (χ1n) is 6.55. The van der Waals surface area contributed by atoms with Gasteiger partial charge in [0.15, 0.2) is 0 Å². The highest BCUT2D eigenvalue weighted by atomic mass is 19.4. The molecule has 0 saturated heterocycles. The molecule has 0 radical (unpaired) electrons. The van der Waals surface area contributed by atoms with Crippen LogP contribution in [-0.2, 0) is 11.0 Å². The van der Waals surface area contributed by atoms with Gasteiger partial charge < -0.3 is 11.1 Å².